The van der Waals surface area contributed by atoms with Gasteiger partial charge in [0.2, 0.25) is 0 Å². The van der Waals surface area contributed by atoms with Crippen molar-refractivity contribution in [3.8, 4) is 0 Å². The van der Waals surface area contributed by atoms with Crippen LogP contribution < -0.4 is 10.6 Å². The molecule has 4 heteroatoms. The lowest BCUT2D eigenvalue weighted by Gasteiger charge is -2.20. The average Bonchev–Trinajstić information content (AvgIpc) is 3.13. The molecule has 1 aromatic heterocycles. The van der Waals surface area contributed by atoms with Crippen LogP contribution in [0.2, 0.25) is 0 Å². The molecule has 1 aliphatic rings. The summed E-state index contributed by atoms with van der Waals surface area (Å²) in [4.78, 5) is 17.0. The number of amides is 1. The zero-order valence-corrected chi connectivity index (χ0v) is 13.8. The largest absolute Gasteiger partial charge is 0.370 e. The van der Waals surface area contributed by atoms with Crippen molar-refractivity contribution in [2.75, 3.05) is 18.4 Å². The highest BCUT2D eigenvalue weighted by Crippen LogP contribution is 2.44. The summed E-state index contributed by atoms with van der Waals surface area (Å²) in [6.45, 7) is 12.1. The average molecular weight is 289 g/mol. The number of anilines is 1. The van der Waals surface area contributed by atoms with E-state index in [1.807, 2.05) is 19.1 Å². The minimum Gasteiger partial charge on any atom is -0.370 e. The zero-order chi connectivity index (χ0) is 15.7. The highest BCUT2D eigenvalue weighted by Gasteiger charge is 2.37. The van der Waals surface area contributed by atoms with Gasteiger partial charge in [-0.1, -0.05) is 27.7 Å². The minimum absolute atomic E-state index is 0.00446. The Labute approximate surface area is 127 Å². The van der Waals surface area contributed by atoms with Crippen molar-refractivity contribution >= 4 is 11.7 Å². The number of nitrogens with one attached hydrogen (secondary N) is 2. The number of carbonyl (C=O) groups is 1. The van der Waals surface area contributed by atoms with Gasteiger partial charge in [0.1, 0.15) is 5.82 Å². The van der Waals surface area contributed by atoms with Gasteiger partial charge in [0.25, 0.3) is 5.91 Å². The Morgan fingerprint density at radius 1 is 1.33 bits per heavy atom. The predicted molar refractivity (Wildman–Crippen MR) is 86.8 cm³/mol. The molecule has 0 aromatic carbocycles. The first kappa shape index (κ1) is 15.8. The van der Waals surface area contributed by atoms with E-state index >= 15 is 0 Å². The van der Waals surface area contributed by atoms with Gasteiger partial charge in [-0.05, 0) is 37.3 Å². The van der Waals surface area contributed by atoms with E-state index in [0.29, 0.717) is 11.0 Å². The van der Waals surface area contributed by atoms with Gasteiger partial charge >= 0.3 is 0 Å². The lowest BCUT2D eigenvalue weighted by molar-refractivity contribution is 0.0946. The fourth-order valence-corrected chi connectivity index (χ4v) is 2.10. The van der Waals surface area contributed by atoms with E-state index in [-0.39, 0.29) is 11.3 Å². The van der Waals surface area contributed by atoms with E-state index in [1.165, 1.54) is 12.8 Å². The zero-order valence-electron chi connectivity index (χ0n) is 13.8. The second-order valence-corrected chi connectivity index (χ2v) is 7.40. The second-order valence-electron chi connectivity index (χ2n) is 7.40. The molecule has 1 saturated carbocycles. The summed E-state index contributed by atoms with van der Waals surface area (Å²) in [6, 6.07) is 3.74. The maximum Gasteiger partial charge on any atom is 0.251 e. The summed E-state index contributed by atoms with van der Waals surface area (Å²) < 4.78 is 0. The predicted octanol–water partition coefficient (Wildman–Crippen LogP) is 3.34. The van der Waals surface area contributed by atoms with E-state index in [1.54, 1.807) is 0 Å². The summed E-state index contributed by atoms with van der Waals surface area (Å²) in [5.41, 5.74) is 1.86. The fraction of sp³-hybridized carbons (Fsp3) is 0.647. The van der Waals surface area contributed by atoms with Crippen LogP contribution >= 0.6 is 0 Å². The molecule has 21 heavy (non-hydrogen) atoms. The number of pyridine rings is 1. The first-order valence-corrected chi connectivity index (χ1v) is 7.78. The van der Waals surface area contributed by atoms with Crippen LogP contribution in [0.1, 0.15) is 63.5 Å². The van der Waals surface area contributed by atoms with Gasteiger partial charge in [0.05, 0.1) is 0 Å². The van der Waals surface area contributed by atoms with Crippen molar-refractivity contribution in [2.45, 2.75) is 52.9 Å². The van der Waals surface area contributed by atoms with Crippen molar-refractivity contribution < 1.29 is 4.79 Å². The Balaban J connectivity index is 2.20. The molecule has 1 aliphatic carbocycles. The van der Waals surface area contributed by atoms with E-state index in [2.05, 4.69) is 43.3 Å². The third-order valence-electron chi connectivity index (χ3n) is 3.99. The monoisotopic (exact) mass is 289 g/mol. The molecule has 2 rings (SSSR count). The smallest absolute Gasteiger partial charge is 0.251 e. The lowest BCUT2D eigenvalue weighted by Crippen LogP contribution is -2.29. The van der Waals surface area contributed by atoms with Crippen LogP contribution in [0.5, 0.6) is 0 Å². The van der Waals surface area contributed by atoms with Gasteiger partial charge in [-0.15, -0.1) is 0 Å². The molecule has 0 aliphatic heterocycles. The lowest BCUT2D eigenvalue weighted by atomic mass is 9.90. The maximum absolute atomic E-state index is 12.4. The molecule has 0 radical (unpaired) electrons. The summed E-state index contributed by atoms with van der Waals surface area (Å²) in [7, 11) is 0. The molecular formula is C17H27N3O. The van der Waals surface area contributed by atoms with Crippen molar-refractivity contribution in [1.82, 2.24) is 10.3 Å². The Hall–Kier alpha value is -1.58. The standard InChI is InChI=1S/C17H27N3O/c1-6-18-14-10-12(9-13(20-14)16(2,3)4)15(21)19-11-17(5)7-8-17/h9-10H,6-8,11H2,1-5H3,(H,18,20)(H,19,21). The molecule has 4 nitrogen and oxygen atoms in total. The van der Waals surface area contributed by atoms with Gasteiger partial charge in [-0.25, -0.2) is 4.98 Å². The van der Waals surface area contributed by atoms with Crippen LogP contribution in [0, 0.1) is 5.41 Å². The number of hydrogen-bond acceptors (Lipinski definition) is 3. The Kier molecular flexibility index (Phi) is 4.26. The Bertz CT molecular complexity index is 527. The van der Waals surface area contributed by atoms with Crippen LogP contribution in [-0.4, -0.2) is 24.0 Å². The summed E-state index contributed by atoms with van der Waals surface area (Å²) >= 11 is 0. The number of aromatic nitrogens is 1. The van der Waals surface area contributed by atoms with Crippen LogP contribution in [0.3, 0.4) is 0 Å². The molecule has 0 spiro atoms. The normalized spacial score (nSPS) is 16.4. The van der Waals surface area contributed by atoms with Gasteiger partial charge < -0.3 is 10.6 Å². The van der Waals surface area contributed by atoms with E-state index < -0.39 is 0 Å². The third kappa shape index (κ3) is 4.19. The number of rotatable bonds is 5. The van der Waals surface area contributed by atoms with E-state index in [0.717, 1.165) is 24.6 Å². The van der Waals surface area contributed by atoms with Gasteiger partial charge in [-0.2, -0.15) is 0 Å². The minimum atomic E-state index is -0.0804. The highest BCUT2D eigenvalue weighted by molar-refractivity contribution is 5.95. The third-order valence-corrected chi connectivity index (χ3v) is 3.99. The Morgan fingerprint density at radius 2 is 2.00 bits per heavy atom. The molecule has 1 amide bonds. The molecule has 1 heterocycles. The molecule has 0 atom stereocenters. The number of nitrogens with zero attached hydrogens (tertiary/aromatic N) is 1. The molecule has 1 fully saturated rings. The highest BCUT2D eigenvalue weighted by atomic mass is 16.1. The second kappa shape index (κ2) is 5.66. The molecule has 1 aromatic rings. The fourth-order valence-electron chi connectivity index (χ4n) is 2.10. The SMILES string of the molecule is CCNc1cc(C(=O)NCC2(C)CC2)cc(C(C)(C)C)n1. The van der Waals surface area contributed by atoms with Gasteiger partial charge in [0.15, 0.2) is 0 Å². The molecule has 0 bridgehead atoms. The quantitative estimate of drug-likeness (QED) is 0.874. The topological polar surface area (TPSA) is 54.0 Å². The van der Waals surface area contributed by atoms with Crippen LogP contribution in [0.4, 0.5) is 5.82 Å². The summed E-state index contributed by atoms with van der Waals surface area (Å²) in [5, 5.41) is 6.26. The van der Waals surface area contributed by atoms with E-state index in [9.17, 15) is 4.79 Å². The Morgan fingerprint density at radius 3 is 2.52 bits per heavy atom. The first-order chi connectivity index (χ1) is 9.73. The van der Waals surface area contributed by atoms with Crippen molar-refractivity contribution in [2.24, 2.45) is 5.41 Å². The molecular weight excluding hydrogens is 262 g/mol. The molecule has 0 saturated heterocycles. The van der Waals surface area contributed by atoms with Crippen LogP contribution in [0.25, 0.3) is 0 Å². The van der Waals surface area contributed by atoms with Crippen molar-refractivity contribution in [1.29, 1.82) is 0 Å². The van der Waals surface area contributed by atoms with Crippen molar-refractivity contribution in [3.63, 3.8) is 0 Å². The molecule has 116 valence electrons. The first-order valence-electron chi connectivity index (χ1n) is 7.78. The van der Waals surface area contributed by atoms with Crippen LogP contribution in [0.15, 0.2) is 12.1 Å². The van der Waals surface area contributed by atoms with Crippen molar-refractivity contribution in [3.05, 3.63) is 23.4 Å². The van der Waals surface area contributed by atoms with Crippen LogP contribution in [-0.2, 0) is 5.41 Å². The van der Waals surface area contributed by atoms with Gasteiger partial charge in [-0.3, -0.25) is 4.79 Å². The molecule has 0 unspecified atom stereocenters. The maximum atomic E-state index is 12.4. The van der Waals surface area contributed by atoms with E-state index in [4.69, 9.17) is 0 Å². The number of carbonyl (C=O) groups excluding carboxylic acids is 1. The molecule has 2 N–H and O–H groups in total. The summed E-state index contributed by atoms with van der Waals surface area (Å²) in [6.07, 6.45) is 2.42. The number of hydrogen-bond donors (Lipinski definition) is 2. The van der Waals surface area contributed by atoms with Gasteiger partial charge in [0, 0.05) is 29.8 Å². The summed E-state index contributed by atoms with van der Waals surface area (Å²) in [5.74, 6) is 0.767.